The summed E-state index contributed by atoms with van der Waals surface area (Å²) in [5.74, 6) is 0.355. The van der Waals surface area contributed by atoms with Gasteiger partial charge in [0, 0.05) is 18.3 Å². The SMILES string of the molecule is CCn1nccc1CNC(=O)c1cccc(COc2cccc(Cl)c2Cl)c1. The predicted octanol–water partition coefficient (Wildman–Crippen LogP) is 4.72. The highest BCUT2D eigenvalue weighted by Gasteiger charge is 2.09. The molecule has 1 amide bonds. The summed E-state index contributed by atoms with van der Waals surface area (Å²) < 4.78 is 7.57. The summed E-state index contributed by atoms with van der Waals surface area (Å²) in [6.07, 6.45) is 1.73. The lowest BCUT2D eigenvalue weighted by Crippen LogP contribution is -2.24. The van der Waals surface area contributed by atoms with Crippen LogP contribution in [0.4, 0.5) is 0 Å². The molecule has 0 aliphatic carbocycles. The van der Waals surface area contributed by atoms with Gasteiger partial charge in [-0.2, -0.15) is 5.10 Å². The monoisotopic (exact) mass is 403 g/mol. The summed E-state index contributed by atoms with van der Waals surface area (Å²) in [5, 5.41) is 7.92. The molecule has 3 aromatic rings. The molecule has 1 aromatic heterocycles. The molecule has 0 aliphatic rings. The van der Waals surface area contributed by atoms with E-state index in [1.54, 1.807) is 36.5 Å². The van der Waals surface area contributed by atoms with Crippen molar-refractivity contribution in [1.29, 1.82) is 0 Å². The fraction of sp³-hybridized carbons (Fsp3) is 0.200. The Morgan fingerprint density at radius 1 is 1.19 bits per heavy atom. The number of halogens is 2. The summed E-state index contributed by atoms with van der Waals surface area (Å²) in [5.41, 5.74) is 2.38. The lowest BCUT2D eigenvalue weighted by Gasteiger charge is -2.10. The fourth-order valence-electron chi connectivity index (χ4n) is 2.63. The van der Waals surface area contributed by atoms with Crippen LogP contribution in [0.1, 0.15) is 28.5 Å². The van der Waals surface area contributed by atoms with Crippen LogP contribution >= 0.6 is 23.2 Å². The van der Waals surface area contributed by atoms with E-state index in [2.05, 4.69) is 10.4 Å². The van der Waals surface area contributed by atoms with Crippen molar-refractivity contribution in [1.82, 2.24) is 15.1 Å². The fourth-order valence-corrected chi connectivity index (χ4v) is 2.97. The molecule has 0 radical (unpaired) electrons. The summed E-state index contributed by atoms with van der Waals surface area (Å²) in [7, 11) is 0. The Morgan fingerprint density at radius 2 is 2.00 bits per heavy atom. The Kier molecular flexibility index (Phi) is 6.37. The van der Waals surface area contributed by atoms with E-state index >= 15 is 0 Å². The Labute approximate surface area is 167 Å². The summed E-state index contributed by atoms with van der Waals surface area (Å²) in [4.78, 5) is 12.4. The van der Waals surface area contributed by atoms with Crippen LogP contribution < -0.4 is 10.1 Å². The Balaban J connectivity index is 1.62. The third-order valence-corrected chi connectivity index (χ3v) is 4.84. The molecule has 7 heteroatoms. The highest BCUT2D eigenvalue weighted by atomic mass is 35.5. The van der Waals surface area contributed by atoms with E-state index in [-0.39, 0.29) is 12.5 Å². The van der Waals surface area contributed by atoms with Crippen molar-refractivity contribution in [3.63, 3.8) is 0 Å². The van der Waals surface area contributed by atoms with Gasteiger partial charge in [0.05, 0.1) is 17.3 Å². The first kappa shape index (κ1) is 19.3. The lowest BCUT2D eigenvalue weighted by molar-refractivity contribution is 0.0949. The third-order valence-electron chi connectivity index (χ3n) is 4.03. The number of ether oxygens (including phenoxy) is 1. The van der Waals surface area contributed by atoms with Crippen molar-refractivity contribution in [2.45, 2.75) is 26.6 Å². The molecule has 3 rings (SSSR count). The summed E-state index contributed by atoms with van der Waals surface area (Å²) >= 11 is 12.1. The zero-order valence-corrected chi connectivity index (χ0v) is 16.3. The number of amides is 1. The maximum Gasteiger partial charge on any atom is 0.251 e. The second-order valence-electron chi connectivity index (χ2n) is 5.86. The molecular formula is C20H19Cl2N3O2. The smallest absolute Gasteiger partial charge is 0.251 e. The average molecular weight is 404 g/mol. The van der Waals surface area contributed by atoms with Gasteiger partial charge in [0.2, 0.25) is 0 Å². The molecule has 5 nitrogen and oxygen atoms in total. The summed E-state index contributed by atoms with van der Waals surface area (Å²) in [6.45, 7) is 3.47. The van der Waals surface area contributed by atoms with E-state index < -0.39 is 0 Å². The number of aryl methyl sites for hydroxylation is 1. The summed E-state index contributed by atoms with van der Waals surface area (Å²) in [6, 6.07) is 14.4. The third kappa shape index (κ3) is 4.81. The normalized spacial score (nSPS) is 10.6. The average Bonchev–Trinajstić information content (AvgIpc) is 3.15. The van der Waals surface area contributed by atoms with Gasteiger partial charge in [-0.3, -0.25) is 9.48 Å². The minimum Gasteiger partial charge on any atom is -0.487 e. The zero-order valence-electron chi connectivity index (χ0n) is 14.8. The maximum atomic E-state index is 12.4. The topological polar surface area (TPSA) is 56.2 Å². The number of hydrogen-bond donors (Lipinski definition) is 1. The molecule has 0 atom stereocenters. The first-order valence-corrected chi connectivity index (χ1v) is 9.28. The number of carbonyl (C=O) groups is 1. The minimum atomic E-state index is -0.151. The van der Waals surface area contributed by atoms with Crippen LogP contribution in [-0.2, 0) is 19.7 Å². The van der Waals surface area contributed by atoms with Crippen LogP contribution in [0.2, 0.25) is 10.0 Å². The maximum absolute atomic E-state index is 12.4. The van der Waals surface area contributed by atoms with Gasteiger partial charge in [-0.25, -0.2) is 0 Å². The van der Waals surface area contributed by atoms with Crippen molar-refractivity contribution in [3.8, 4) is 5.75 Å². The number of rotatable bonds is 7. The van der Waals surface area contributed by atoms with Crippen LogP contribution in [0.5, 0.6) is 5.75 Å². The molecule has 0 bridgehead atoms. The number of nitrogens with one attached hydrogen (secondary N) is 1. The van der Waals surface area contributed by atoms with Crippen molar-refractivity contribution in [3.05, 3.63) is 81.6 Å². The number of benzene rings is 2. The second-order valence-corrected chi connectivity index (χ2v) is 6.65. The van der Waals surface area contributed by atoms with E-state index in [9.17, 15) is 4.79 Å². The molecule has 0 saturated carbocycles. The van der Waals surface area contributed by atoms with Gasteiger partial charge in [0.15, 0.2) is 0 Å². The molecule has 1 N–H and O–H groups in total. The van der Waals surface area contributed by atoms with Crippen LogP contribution in [0.25, 0.3) is 0 Å². The quantitative estimate of drug-likeness (QED) is 0.620. The number of aromatic nitrogens is 2. The minimum absolute atomic E-state index is 0.151. The highest BCUT2D eigenvalue weighted by molar-refractivity contribution is 6.42. The number of hydrogen-bond acceptors (Lipinski definition) is 3. The van der Waals surface area contributed by atoms with Gasteiger partial charge in [0.25, 0.3) is 5.91 Å². The molecule has 2 aromatic carbocycles. The van der Waals surface area contributed by atoms with Crippen LogP contribution in [-0.4, -0.2) is 15.7 Å². The van der Waals surface area contributed by atoms with Crippen LogP contribution in [0, 0.1) is 0 Å². The first-order chi connectivity index (χ1) is 13.1. The molecule has 140 valence electrons. The van der Waals surface area contributed by atoms with Gasteiger partial charge in [-0.1, -0.05) is 41.4 Å². The zero-order chi connectivity index (χ0) is 19.2. The lowest BCUT2D eigenvalue weighted by atomic mass is 10.1. The van der Waals surface area contributed by atoms with E-state index in [0.717, 1.165) is 17.8 Å². The molecule has 27 heavy (non-hydrogen) atoms. The predicted molar refractivity (Wildman–Crippen MR) is 106 cm³/mol. The van der Waals surface area contributed by atoms with E-state index in [0.29, 0.717) is 27.9 Å². The van der Waals surface area contributed by atoms with Crippen molar-refractivity contribution in [2.24, 2.45) is 0 Å². The highest BCUT2D eigenvalue weighted by Crippen LogP contribution is 2.31. The van der Waals surface area contributed by atoms with Gasteiger partial charge >= 0.3 is 0 Å². The Bertz CT molecular complexity index is 940. The van der Waals surface area contributed by atoms with Gasteiger partial charge in [0.1, 0.15) is 17.4 Å². The van der Waals surface area contributed by atoms with Gasteiger partial charge < -0.3 is 10.1 Å². The molecule has 0 spiro atoms. The Hall–Kier alpha value is -2.50. The van der Waals surface area contributed by atoms with Gasteiger partial charge in [-0.05, 0) is 42.8 Å². The van der Waals surface area contributed by atoms with Crippen molar-refractivity contribution in [2.75, 3.05) is 0 Å². The van der Waals surface area contributed by atoms with Gasteiger partial charge in [-0.15, -0.1) is 0 Å². The second kappa shape index (κ2) is 8.93. The van der Waals surface area contributed by atoms with Crippen molar-refractivity contribution < 1.29 is 9.53 Å². The molecule has 0 aliphatic heterocycles. The molecule has 0 unspecified atom stereocenters. The number of carbonyl (C=O) groups excluding carboxylic acids is 1. The van der Waals surface area contributed by atoms with E-state index in [1.807, 2.05) is 29.8 Å². The largest absolute Gasteiger partial charge is 0.487 e. The molecule has 0 saturated heterocycles. The van der Waals surface area contributed by atoms with E-state index in [4.69, 9.17) is 27.9 Å². The van der Waals surface area contributed by atoms with E-state index in [1.165, 1.54) is 0 Å². The van der Waals surface area contributed by atoms with Crippen molar-refractivity contribution >= 4 is 29.1 Å². The number of nitrogens with zero attached hydrogens (tertiary/aromatic N) is 2. The molecule has 0 fully saturated rings. The molecular weight excluding hydrogens is 385 g/mol. The molecule has 1 heterocycles. The Morgan fingerprint density at radius 3 is 2.81 bits per heavy atom. The standard InChI is InChI=1S/C20H19Cl2N3O2/c1-2-25-16(9-10-24-25)12-23-20(26)15-6-3-5-14(11-15)13-27-18-8-4-7-17(21)19(18)22/h3-11H,2,12-13H2,1H3,(H,23,26). The van der Waals surface area contributed by atoms with Crippen LogP contribution in [0.3, 0.4) is 0 Å². The van der Waals surface area contributed by atoms with Crippen LogP contribution in [0.15, 0.2) is 54.7 Å². The first-order valence-electron chi connectivity index (χ1n) is 8.53.